The van der Waals surface area contributed by atoms with Crippen molar-refractivity contribution in [1.82, 2.24) is 4.31 Å². The van der Waals surface area contributed by atoms with Crippen LogP contribution in [-0.4, -0.2) is 36.7 Å². The van der Waals surface area contributed by atoms with Crippen LogP contribution in [0.5, 0.6) is 0 Å². The van der Waals surface area contributed by atoms with E-state index in [2.05, 4.69) is 0 Å². The fourth-order valence-electron chi connectivity index (χ4n) is 1.52. The quantitative estimate of drug-likeness (QED) is 0.860. The second-order valence-corrected chi connectivity index (χ2v) is 6.68. The maximum absolute atomic E-state index is 11.9. The van der Waals surface area contributed by atoms with Crippen LogP contribution in [0.3, 0.4) is 0 Å². The molecule has 96 valence electrons. The van der Waals surface area contributed by atoms with Gasteiger partial charge in [0, 0.05) is 13.6 Å². The van der Waals surface area contributed by atoms with Gasteiger partial charge in [0.15, 0.2) is 0 Å². The van der Waals surface area contributed by atoms with Crippen LogP contribution < -0.4 is 0 Å². The van der Waals surface area contributed by atoms with E-state index in [-0.39, 0.29) is 6.61 Å². The third-order valence-corrected chi connectivity index (χ3v) is 5.02. The molecule has 0 aliphatic rings. The molecular weight excluding hydrogens is 238 g/mol. The van der Waals surface area contributed by atoms with E-state index in [4.69, 9.17) is 5.11 Å². The molecule has 1 N–H and O–H groups in total. The van der Waals surface area contributed by atoms with Crippen molar-refractivity contribution < 1.29 is 13.5 Å². The second kappa shape index (κ2) is 5.62. The molecule has 0 radical (unpaired) electrons. The molecule has 1 aromatic rings. The predicted molar refractivity (Wildman–Crippen MR) is 68.1 cm³/mol. The van der Waals surface area contributed by atoms with Gasteiger partial charge in [0.1, 0.15) is 0 Å². The molecule has 1 atom stereocenters. The Bertz CT molecular complexity index is 470. The first-order valence-electron chi connectivity index (χ1n) is 5.50. The lowest BCUT2D eigenvalue weighted by molar-refractivity contribution is 0.290. The van der Waals surface area contributed by atoms with Gasteiger partial charge in [0.05, 0.1) is 11.9 Å². The summed E-state index contributed by atoms with van der Waals surface area (Å²) in [5, 5.41) is 8.17. The van der Waals surface area contributed by atoms with E-state index in [1.54, 1.807) is 0 Å². The minimum Gasteiger partial charge on any atom is -0.395 e. The minimum absolute atomic E-state index is 0.333. The van der Waals surface area contributed by atoms with Crippen LogP contribution in [0.2, 0.25) is 0 Å². The fourth-order valence-corrected chi connectivity index (χ4v) is 2.64. The van der Waals surface area contributed by atoms with Gasteiger partial charge in [-0.25, -0.2) is 12.7 Å². The van der Waals surface area contributed by atoms with Gasteiger partial charge >= 0.3 is 0 Å². The first kappa shape index (κ1) is 14.2. The number of aliphatic hydroxyl groups is 1. The monoisotopic (exact) mass is 257 g/mol. The highest BCUT2D eigenvalue weighted by Gasteiger charge is 2.25. The topological polar surface area (TPSA) is 57.6 Å². The molecule has 0 aliphatic carbocycles. The lowest BCUT2D eigenvalue weighted by atomic mass is 10.1. The molecule has 0 spiro atoms. The maximum atomic E-state index is 11.9. The Morgan fingerprint density at radius 2 is 1.94 bits per heavy atom. The molecule has 0 aliphatic heterocycles. The second-order valence-electron chi connectivity index (χ2n) is 4.22. The highest BCUT2D eigenvalue weighted by Crippen LogP contribution is 2.14. The highest BCUT2D eigenvalue weighted by molar-refractivity contribution is 7.89. The van der Waals surface area contributed by atoms with Gasteiger partial charge in [-0.2, -0.15) is 0 Å². The first-order valence-corrected chi connectivity index (χ1v) is 7.00. The number of sulfonamides is 1. The number of rotatable bonds is 5. The number of nitrogens with zero attached hydrogens (tertiary/aromatic N) is 1. The van der Waals surface area contributed by atoms with E-state index in [1.165, 1.54) is 18.3 Å². The van der Waals surface area contributed by atoms with E-state index in [0.717, 1.165) is 11.1 Å². The summed E-state index contributed by atoms with van der Waals surface area (Å²) in [5.74, 6) is 0. The van der Waals surface area contributed by atoms with Crippen molar-refractivity contribution in [3.05, 3.63) is 35.4 Å². The number of aryl methyl sites for hydroxylation is 1. The lowest BCUT2D eigenvalue weighted by Gasteiger charge is -2.21. The third-order valence-electron chi connectivity index (χ3n) is 2.85. The van der Waals surface area contributed by atoms with Gasteiger partial charge in [-0.1, -0.05) is 24.3 Å². The van der Waals surface area contributed by atoms with Crippen LogP contribution in [0.15, 0.2) is 24.3 Å². The zero-order valence-electron chi connectivity index (χ0n) is 10.4. The summed E-state index contributed by atoms with van der Waals surface area (Å²) in [5.41, 5.74) is 2.04. The van der Waals surface area contributed by atoms with E-state index in [9.17, 15) is 8.42 Å². The van der Waals surface area contributed by atoms with Gasteiger partial charge in [-0.15, -0.1) is 0 Å². The summed E-state index contributed by atoms with van der Waals surface area (Å²) >= 11 is 0. The number of hydrogen-bond acceptors (Lipinski definition) is 3. The van der Waals surface area contributed by atoms with E-state index in [0.29, 0.717) is 6.54 Å². The largest absolute Gasteiger partial charge is 0.395 e. The Labute approximate surface area is 103 Å². The smallest absolute Gasteiger partial charge is 0.219 e. The molecular formula is C12H19NO3S. The number of aliphatic hydroxyl groups excluding tert-OH is 1. The van der Waals surface area contributed by atoms with Gasteiger partial charge in [-0.05, 0) is 25.0 Å². The van der Waals surface area contributed by atoms with Crippen LogP contribution in [-0.2, 0) is 16.6 Å². The number of benzene rings is 1. The standard InChI is InChI=1S/C12H19NO3S/c1-10-6-4-5-7-12(10)8-13(3)17(15,16)11(2)9-14/h4-7,11,14H,8-9H2,1-3H3. The molecule has 0 fully saturated rings. The normalized spacial score (nSPS) is 13.9. The molecule has 17 heavy (non-hydrogen) atoms. The van der Waals surface area contributed by atoms with Crippen LogP contribution in [0.4, 0.5) is 0 Å². The fraction of sp³-hybridized carbons (Fsp3) is 0.500. The van der Waals surface area contributed by atoms with E-state index in [1.807, 2.05) is 31.2 Å². The summed E-state index contributed by atoms with van der Waals surface area (Å²) in [6, 6.07) is 7.66. The summed E-state index contributed by atoms with van der Waals surface area (Å²) < 4.78 is 25.2. The van der Waals surface area contributed by atoms with E-state index < -0.39 is 15.3 Å². The molecule has 0 bridgehead atoms. The summed E-state index contributed by atoms with van der Waals surface area (Å²) in [4.78, 5) is 0. The van der Waals surface area contributed by atoms with Crippen LogP contribution in [0.1, 0.15) is 18.1 Å². The molecule has 0 saturated heterocycles. The van der Waals surface area contributed by atoms with Crippen LogP contribution in [0.25, 0.3) is 0 Å². The van der Waals surface area contributed by atoms with Crippen molar-refractivity contribution in [1.29, 1.82) is 0 Å². The maximum Gasteiger partial charge on any atom is 0.219 e. The first-order chi connectivity index (χ1) is 7.89. The Morgan fingerprint density at radius 1 is 1.35 bits per heavy atom. The molecule has 4 nitrogen and oxygen atoms in total. The molecule has 1 rings (SSSR count). The van der Waals surface area contributed by atoms with Crippen molar-refractivity contribution >= 4 is 10.0 Å². The Kier molecular flexibility index (Phi) is 4.68. The molecule has 0 aromatic heterocycles. The molecule has 5 heteroatoms. The van der Waals surface area contributed by atoms with Crippen LogP contribution in [0, 0.1) is 6.92 Å². The van der Waals surface area contributed by atoms with Crippen molar-refractivity contribution in [2.75, 3.05) is 13.7 Å². The number of hydrogen-bond donors (Lipinski definition) is 1. The third kappa shape index (κ3) is 3.28. The summed E-state index contributed by atoms with van der Waals surface area (Å²) in [6.45, 7) is 3.43. The average molecular weight is 257 g/mol. The molecule has 0 heterocycles. The average Bonchev–Trinajstić information content (AvgIpc) is 2.30. The Hall–Kier alpha value is -0.910. The Balaban J connectivity index is 2.87. The van der Waals surface area contributed by atoms with Gasteiger partial charge in [0.25, 0.3) is 0 Å². The molecule has 1 aromatic carbocycles. The summed E-state index contributed by atoms with van der Waals surface area (Å²) in [7, 11) is -1.89. The van der Waals surface area contributed by atoms with Gasteiger partial charge in [0.2, 0.25) is 10.0 Å². The SMILES string of the molecule is Cc1ccccc1CN(C)S(=O)(=O)C(C)CO. The van der Waals surface area contributed by atoms with Crippen molar-refractivity contribution in [3.63, 3.8) is 0 Å². The van der Waals surface area contributed by atoms with Crippen LogP contribution >= 0.6 is 0 Å². The zero-order chi connectivity index (χ0) is 13.1. The zero-order valence-corrected chi connectivity index (χ0v) is 11.2. The van der Waals surface area contributed by atoms with Gasteiger partial charge in [-0.3, -0.25) is 0 Å². The predicted octanol–water partition coefficient (Wildman–Crippen LogP) is 1.14. The Morgan fingerprint density at radius 3 is 2.47 bits per heavy atom. The van der Waals surface area contributed by atoms with Gasteiger partial charge < -0.3 is 5.11 Å². The molecule has 0 saturated carbocycles. The molecule has 0 amide bonds. The molecule has 1 unspecified atom stereocenters. The van der Waals surface area contributed by atoms with Crippen molar-refractivity contribution in [2.24, 2.45) is 0 Å². The summed E-state index contributed by atoms with van der Waals surface area (Å²) in [6.07, 6.45) is 0. The lowest BCUT2D eigenvalue weighted by Crippen LogP contribution is -2.36. The highest BCUT2D eigenvalue weighted by atomic mass is 32.2. The minimum atomic E-state index is -3.42. The van der Waals surface area contributed by atoms with E-state index >= 15 is 0 Å². The van der Waals surface area contributed by atoms with Crippen molar-refractivity contribution in [3.8, 4) is 0 Å². The van der Waals surface area contributed by atoms with Crippen molar-refractivity contribution in [2.45, 2.75) is 25.6 Å².